The van der Waals surface area contributed by atoms with Gasteiger partial charge in [0.15, 0.2) is 0 Å². The maximum atomic E-state index is 13.5. The first-order valence-corrected chi connectivity index (χ1v) is 12.2. The fraction of sp³-hybridized carbons (Fsp3) is 0.444. The molecule has 0 unspecified atom stereocenters. The van der Waals surface area contributed by atoms with E-state index in [-0.39, 0.29) is 35.5 Å². The van der Waals surface area contributed by atoms with Crippen LogP contribution in [0.4, 0.5) is 4.39 Å². The third-order valence-corrected chi connectivity index (χ3v) is 6.90. The zero-order valence-electron chi connectivity index (χ0n) is 19.2. The first-order chi connectivity index (χ1) is 16.5. The van der Waals surface area contributed by atoms with Gasteiger partial charge in [0.25, 0.3) is 11.8 Å². The standard InChI is InChI=1S/C27H30FN3O3/c28-22-9-7-20(8-10-22)26(33)30-15-1-2-21(17-30)27(34)31(24-13-14-24)16-18-3-5-19(6-4-18)25(32)29-23-11-12-23/h3-10,21,23-24H,1-2,11-17H2,(H,29,32)/t21-/m1/s1. The molecule has 7 heteroatoms. The van der Waals surface area contributed by atoms with Gasteiger partial charge in [0.05, 0.1) is 5.92 Å². The second kappa shape index (κ2) is 9.57. The summed E-state index contributed by atoms with van der Waals surface area (Å²) in [5.41, 5.74) is 2.08. The molecule has 2 aromatic rings. The van der Waals surface area contributed by atoms with E-state index >= 15 is 0 Å². The molecule has 2 aliphatic carbocycles. The largest absolute Gasteiger partial charge is 0.349 e. The second-order valence-electron chi connectivity index (χ2n) is 9.74. The molecule has 3 fully saturated rings. The van der Waals surface area contributed by atoms with Crippen LogP contribution in [-0.4, -0.2) is 52.7 Å². The summed E-state index contributed by atoms with van der Waals surface area (Å²) in [6.07, 6.45) is 5.63. The quantitative estimate of drug-likeness (QED) is 0.680. The third kappa shape index (κ3) is 5.29. The van der Waals surface area contributed by atoms with Crippen molar-refractivity contribution >= 4 is 17.7 Å². The molecule has 3 aliphatic rings. The van der Waals surface area contributed by atoms with Crippen LogP contribution < -0.4 is 5.32 Å². The molecule has 2 aromatic carbocycles. The van der Waals surface area contributed by atoms with E-state index in [0.29, 0.717) is 36.8 Å². The van der Waals surface area contributed by atoms with Crippen molar-refractivity contribution < 1.29 is 18.8 Å². The van der Waals surface area contributed by atoms with Crippen LogP contribution in [0.25, 0.3) is 0 Å². The van der Waals surface area contributed by atoms with Gasteiger partial charge in [-0.05, 0) is 80.5 Å². The van der Waals surface area contributed by atoms with Crippen molar-refractivity contribution in [1.82, 2.24) is 15.1 Å². The number of hydrogen-bond acceptors (Lipinski definition) is 3. The van der Waals surface area contributed by atoms with E-state index in [1.165, 1.54) is 24.3 Å². The van der Waals surface area contributed by atoms with Gasteiger partial charge in [-0.2, -0.15) is 0 Å². The number of likely N-dealkylation sites (tertiary alicyclic amines) is 1. The molecular weight excluding hydrogens is 433 g/mol. The van der Waals surface area contributed by atoms with E-state index in [9.17, 15) is 18.8 Å². The van der Waals surface area contributed by atoms with Gasteiger partial charge in [-0.25, -0.2) is 4.39 Å². The molecule has 6 nitrogen and oxygen atoms in total. The number of piperidine rings is 1. The average molecular weight is 464 g/mol. The van der Waals surface area contributed by atoms with E-state index < -0.39 is 0 Å². The Morgan fingerprint density at radius 1 is 0.912 bits per heavy atom. The molecule has 2 saturated carbocycles. The summed E-state index contributed by atoms with van der Waals surface area (Å²) in [6, 6.07) is 13.6. The highest BCUT2D eigenvalue weighted by Crippen LogP contribution is 2.32. The van der Waals surface area contributed by atoms with E-state index in [4.69, 9.17) is 0 Å². The normalized spacial score (nSPS) is 20.0. The lowest BCUT2D eigenvalue weighted by Crippen LogP contribution is -2.47. The van der Waals surface area contributed by atoms with Crippen LogP contribution in [0.15, 0.2) is 48.5 Å². The Bertz CT molecular complexity index is 1060. The van der Waals surface area contributed by atoms with E-state index in [1.807, 2.05) is 29.2 Å². The number of benzene rings is 2. The van der Waals surface area contributed by atoms with Gasteiger partial charge in [-0.15, -0.1) is 0 Å². The monoisotopic (exact) mass is 463 g/mol. The number of nitrogens with zero attached hydrogens (tertiary/aromatic N) is 2. The maximum absolute atomic E-state index is 13.5. The molecule has 0 aromatic heterocycles. The molecule has 1 N–H and O–H groups in total. The van der Waals surface area contributed by atoms with Gasteiger partial charge in [0, 0.05) is 42.8 Å². The Kier molecular flexibility index (Phi) is 6.35. The van der Waals surface area contributed by atoms with Crippen molar-refractivity contribution in [1.29, 1.82) is 0 Å². The first-order valence-electron chi connectivity index (χ1n) is 12.2. The number of nitrogens with one attached hydrogen (secondary N) is 1. The molecule has 0 spiro atoms. The fourth-order valence-electron chi connectivity index (χ4n) is 4.60. The van der Waals surface area contributed by atoms with E-state index in [1.54, 1.807) is 4.90 Å². The van der Waals surface area contributed by atoms with Gasteiger partial charge >= 0.3 is 0 Å². The summed E-state index contributed by atoms with van der Waals surface area (Å²) in [5, 5.41) is 2.99. The summed E-state index contributed by atoms with van der Waals surface area (Å²) in [7, 11) is 0. The van der Waals surface area contributed by atoms with Gasteiger partial charge in [-0.3, -0.25) is 14.4 Å². The first kappa shape index (κ1) is 22.6. The number of carbonyl (C=O) groups is 3. The minimum absolute atomic E-state index is 0.0442. The third-order valence-electron chi connectivity index (χ3n) is 6.90. The second-order valence-corrected chi connectivity index (χ2v) is 9.74. The molecule has 0 bridgehead atoms. The van der Waals surface area contributed by atoms with Crippen LogP contribution >= 0.6 is 0 Å². The molecular formula is C27H30FN3O3. The predicted octanol–water partition coefficient (Wildman–Crippen LogP) is 3.76. The molecule has 34 heavy (non-hydrogen) atoms. The van der Waals surface area contributed by atoms with Gasteiger partial charge < -0.3 is 15.1 Å². The molecule has 178 valence electrons. The SMILES string of the molecule is O=C(NC1CC1)c1ccc(CN(C(=O)[C@@H]2CCCN(C(=O)c3ccc(F)cc3)C2)C2CC2)cc1. The summed E-state index contributed by atoms with van der Waals surface area (Å²) in [4.78, 5) is 42.3. The Hall–Kier alpha value is -3.22. The number of halogens is 1. The van der Waals surface area contributed by atoms with Crippen LogP contribution in [0.1, 0.15) is 64.8 Å². The van der Waals surface area contributed by atoms with Gasteiger partial charge in [-0.1, -0.05) is 12.1 Å². The van der Waals surface area contributed by atoms with Gasteiger partial charge in [0.1, 0.15) is 5.82 Å². The van der Waals surface area contributed by atoms with Crippen LogP contribution in [0, 0.1) is 11.7 Å². The zero-order valence-corrected chi connectivity index (χ0v) is 19.2. The summed E-state index contributed by atoms with van der Waals surface area (Å²) in [5.74, 6) is -0.718. The van der Waals surface area contributed by atoms with Crippen LogP contribution in [0.5, 0.6) is 0 Å². The molecule has 0 radical (unpaired) electrons. The van der Waals surface area contributed by atoms with Crippen LogP contribution in [0.2, 0.25) is 0 Å². The van der Waals surface area contributed by atoms with Crippen molar-refractivity contribution in [2.45, 2.75) is 57.2 Å². The van der Waals surface area contributed by atoms with Crippen LogP contribution in [-0.2, 0) is 11.3 Å². The zero-order chi connectivity index (χ0) is 23.7. The van der Waals surface area contributed by atoms with Crippen LogP contribution in [0.3, 0.4) is 0 Å². The Morgan fingerprint density at radius 3 is 2.24 bits per heavy atom. The Balaban J connectivity index is 1.23. The summed E-state index contributed by atoms with van der Waals surface area (Å²) < 4.78 is 13.2. The van der Waals surface area contributed by atoms with Gasteiger partial charge in [0.2, 0.25) is 5.91 Å². The molecule has 1 aliphatic heterocycles. The predicted molar refractivity (Wildman–Crippen MR) is 126 cm³/mol. The highest BCUT2D eigenvalue weighted by molar-refractivity contribution is 5.95. The lowest BCUT2D eigenvalue weighted by molar-refractivity contribution is -0.138. The summed E-state index contributed by atoms with van der Waals surface area (Å²) in [6.45, 7) is 1.50. The summed E-state index contributed by atoms with van der Waals surface area (Å²) >= 11 is 0. The maximum Gasteiger partial charge on any atom is 0.253 e. The highest BCUT2D eigenvalue weighted by Gasteiger charge is 2.38. The van der Waals surface area contributed by atoms with Crippen molar-refractivity contribution in [2.24, 2.45) is 5.92 Å². The molecule has 1 heterocycles. The van der Waals surface area contributed by atoms with E-state index in [2.05, 4.69) is 5.32 Å². The molecule has 5 rings (SSSR count). The number of rotatable bonds is 7. The highest BCUT2D eigenvalue weighted by atomic mass is 19.1. The number of amides is 3. The number of carbonyl (C=O) groups excluding carboxylic acids is 3. The fourth-order valence-corrected chi connectivity index (χ4v) is 4.60. The molecule has 3 amide bonds. The Morgan fingerprint density at radius 2 is 1.59 bits per heavy atom. The number of hydrogen-bond donors (Lipinski definition) is 1. The molecule has 1 saturated heterocycles. The van der Waals surface area contributed by atoms with Crippen molar-refractivity contribution in [2.75, 3.05) is 13.1 Å². The van der Waals surface area contributed by atoms with Crippen molar-refractivity contribution in [3.8, 4) is 0 Å². The van der Waals surface area contributed by atoms with Crippen molar-refractivity contribution in [3.63, 3.8) is 0 Å². The smallest absolute Gasteiger partial charge is 0.253 e. The van der Waals surface area contributed by atoms with E-state index in [0.717, 1.165) is 44.1 Å². The minimum Gasteiger partial charge on any atom is -0.349 e. The minimum atomic E-state index is -0.375. The Labute approximate surface area is 199 Å². The van der Waals surface area contributed by atoms with Crippen molar-refractivity contribution in [3.05, 3.63) is 71.0 Å². The lowest BCUT2D eigenvalue weighted by Gasteiger charge is -2.35. The lowest BCUT2D eigenvalue weighted by atomic mass is 9.95. The molecule has 1 atom stereocenters. The topological polar surface area (TPSA) is 69.7 Å². The average Bonchev–Trinajstić information content (AvgIpc) is 3.78.